The summed E-state index contributed by atoms with van der Waals surface area (Å²) >= 11 is 0. The Hall–Kier alpha value is -8.20. The SMILES string of the molecule is CC12CCCCC1(C)N(c1cccc3ccccc13)c1ccc(-c3cc(-c4ccccc4)c4ccc5c(-c6ccc7c(c6)C6(C)CCCCC6(C)N7c6cccc7ccccc67)cc(-c6ccccc6)c6ccc3c4c65)cc12. The lowest BCUT2D eigenvalue weighted by atomic mass is 9.61. The van der Waals surface area contributed by atoms with Crippen LogP contribution < -0.4 is 9.80 Å². The second kappa shape index (κ2) is 16.7. The van der Waals surface area contributed by atoms with Crippen LogP contribution in [-0.4, -0.2) is 11.1 Å². The first kappa shape index (κ1) is 45.9. The zero-order chi connectivity index (χ0) is 52.1. The summed E-state index contributed by atoms with van der Waals surface area (Å²) < 4.78 is 0. The highest BCUT2D eigenvalue weighted by molar-refractivity contribution is 6.32. The molecule has 2 nitrogen and oxygen atoms in total. The van der Waals surface area contributed by atoms with Gasteiger partial charge in [0.2, 0.25) is 0 Å². The largest absolute Gasteiger partial charge is 0.334 e. The van der Waals surface area contributed by atoms with Crippen LogP contribution in [0.15, 0.2) is 218 Å². The number of nitrogens with zero attached hydrogens (tertiary/aromatic N) is 2. The van der Waals surface area contributed by atoms with Gasteiger partial charge >= 0.3 is 0 Å². The molecular formula is C76H64N2. The summed E-state index contributed by atoms with van der Waals surface area (Å²) in [7, 11) is 0. The molecule has 12 aromatic carbocycles. The van der Waals surface area contributed by atoms with E-state index in [9.17, 15) is 0 Å². The number of benzene rings is 12. The van der Waals surface area contributed by atoms with Gasteiger partial charge in [0, 0.05) is 44.4 Å². The Balaban J connectivity index is 0.948. The van der Waals surface area contributed by atoms with E-state index in [1.807, 2.05) is 0 Å². The molecule has 0 saturated heterocycles. The predicted molar refractivity (Wildman–Crippen MR) is 333 cm³/mol. The summed E-state index contributed by atoms with van der Waals surface area (Å²) in [6, 6.07) is 84.1. The molecular weight excluding hydrogens is 941 g/mol. The second-order valence-electron chi connectivity index (χ2n) is 24.5. The minimum atomic E-state index is -0.0722. The first-order valence-electron chi connectivity index (χ1n) is 28.9. The maximum absolute atomic E-state index is 2.76. The fraction of sp³-hybridized carbons (Fsp3) is 0.211. The maximum atomic E-state index is 2.76. The van der Waals surface area contributed by atoms with Crippen LogP contribution in [0, 0.1) is 0 Å². The van der Waals surface area contributed by atoms with Crippen molar-refractivity contribution in [1.82, 2.24) is 0 Å². The molecule has 4 unspecified atom stereocenters. The Kier molecular flexibility index (Phi) is 9.81. The zero-order valence-electron chi connectivity index (χ0n) is 45.3. The molecule has 378 valence electrons. The van der Waals surface area contributed by atoms with Crippen molar-refractivity contribution in [3.8, 4) is 44.5 Å². The van der Waals surface area contributed by atoms with Crippen molar-refractivity contribution in [3.63, 3.8) is 0 Å². The van der Waals surface area contributed by atoms with Gasteiger partial charge in [-0.05, 0) is 187 Å². The van der Waals surface area contributed by atoms with E-state index in [0.29, 0.717) is 0 Å². The molecule has 2 heterocycles. The van der Waals surface area contributed by atoms with Crippen LogP contribution in [0.4, 0.5) is 22.7 Å². The molecule has 0 aromatic heterocycles. The molecule has 0 N–H and O–H groups in total. The summed E-state index contributed by atoms with van der Waals surface area (Å²) in [5, 5.41) is 13.2. The fourth-order valence-corrected chi connectivity index (χ4v) is 16.5. The summed E-state index contributed by atoms with van der Waals surface area (Å²) in [6.45, 7) is 10.3. The lowest BCUT2D eigenvalue weighted by Gasteiger charge is -2.50. The fourth-order valence-electron chi connectivity index (χ4n) is 16.5. The molecule has 2 aliphatic carbocycles. The van der Waals surface area contributed by atoms with Crippen LogP contribution in [0.1, 0.15) is 90.2 Å². The Morgan fingerprint density at radius 1 is 0.282 bits per heavy atom. The van der Waals surface area contributed by atoms with Crippen LogP contribution in [0.3, 0.4) is 0 Å². The maximum Gasteiger partial charge on any atom is 0.0518 e. The molecule has 2 saturated carbocycles. The number of hydrogen-bond acceptors (Lipinski definition) is 2. The summed E-state index contributed by atoms with van der Waals surface area (Å²) in [4.78, 5) is 5.52. The van der Waals surface area contributed by atoms with Gasteiger partial charge in [0.05, 0.1) is 11.1 Å². The van der Waals surface area contributed by atoms with E-state index in [4.69, 9.17) is 0 Å². The van der Waals surface area contributed by atoms with Gasteiger partial charge in [0.1, 0.15) is 0 Å². The number of fused-ring (bicyclic) bond motifs is 8. The minimum absolute atomic E-state index is 0.0347. The van der Waals surface area contributed by atoms with Crippen molar-refractivity contribution < 1.29 is 0 Å². The third-order valence-corrected chi connectivity index (χ3v) is 20.9. The molecule has 16 rings (SSSR count). The number of anilines is 4. The third kappa shape index (κ3) is 6.15. The van der Waals surface area contributed by atoms with Crippen LogP contribution in [-0.2, 0) is 10.8 Å². The summed E-state index contributed by atoms with van der Waals surface area (Å²) in [6.07, 6.45) is 9.62. The first-order valence-corrected chi connectivity index (χ1v) is 28.9. The Morgan fingerprint density at radius 2 is 0.641 bits per heavy atom. The van der Waals surface area contributed by atoms with Crippen LogP contribution in [0.2, 0.25) is 0 Å². The van der Waals surface area contributed by atoms with E-state index in [1.54, 1.807) is 0 Å². The summed E-state index contributed by atoms with van der Waals surface area (Å²) in [5.74, 6) is 0. The molecule has 4 atom stereocenters. The monoisotopic (exact) mass is 1000 g/mol. The quantitative estimate of drug-likeness (QED) is 0.153. The molecule has 12 aromatic rings. The van der Waals surface area contributed by atoms with Gasteiger partial charge < -0.3 is 9.80 Å². The standard InChI is InChI=1S/C76H64N2/c1-73-41-15-17-43-75(73,3)77(67-31-19-27-49-25-11-13-29-55(49)67)69-39-33-53(45-65(69)73)63-47-61(51-21-7-5-8-22-51)57-36-38-60-64(48-62(52-23-9-6-10-24-52)58-35-37-59(63)71(57)72(58)60)54-34-40-70-66(46-54)74(2)42-16-18-44-76(74,4)78(70)68-32-20-28-50-26-12-14-30-56(50)68/h5-14,19-40,45-48H,15-18,41-44H2,1-4H3. The van der Waals surface area contributed by atoms with E-state index >= 15 is 0 Å². The predicted octanol–water partition coefficient (Wildman–Crippen LogP) is 21.0. The smallest absolute Gasteiger partial charge is 0.0518 e. The van der Waals surface area contributed by atoms with Gasteiger partial charge in [-0.1, -0.05) is 209 Å². The van der Waals surface area contributed by atoms with Crippen molar-refractivity contribution in [2.45, 2.75) is 101 Å². The van der Waals surface area contributed by atoms with Gasteiger partial charge in [0.15, 0.2) is 0 Å². The van der Waals surface area contributed by atoms with E-state index in [2.05, 4.69) is 256 Å². The van der Waals surface area contributed by atoms with Crippen LogP contribution >= 0.6 is 0 Å². The lowest BCUT2D eigenvalue weighted by Crippen LogP contribution is -2.54. The zero-order valence-corrected chi connectivity index (χ0v) is 45.3. The first-order chi connectivity index (χ1) is 38.2. The van der Waals surface area contributed by atoms with Gasteiger partial charge in [-0.25, -0.2) is 0 Å². The highest BCUT2D eigenvalue weighted by atomic mass is 15.3. The average molecular weight is 1010 g/mol. The van der Waals surface area contributed by atoms with Crippen molar-refractivity contribution in [2.75, 3.05) is 9.80 Å². The topological polar surface area (TPSA) is 6.48 Å². The molecule has 78 heavy (non-hydrogen) atoms. The van der Waals surface area contributed by atoms with Crippen LogP contribution in [0.25, 0.3) is 98.4 Å². The second-order valence-corrected chi connectivity index (χ2v) is 24.5. The highest BCUT2D eigenvalue weighted by Gasteiger charge is 2.59. The van der Waals surface area contributed by atoms with E-state index in [-0.39, 0.29) is 21.9 Å². The molecule has 2 heteroatoms. The van der Waals surface area contributed by atoms with Crippen molar-refractivity contribution in [1.29, 1.82) is 0 Å². The molecule has 0 spiro atoms. The van der Waals surface area contributed by atoms with Crippen LogP contribution in [0.5, 0.6) is 0 Å². The minimum Gasteiger partial charge on any atom is -0.334 e. The molecule has 2 aliphatic heterocycles. The Morgan fingerprint density at radius 3 is 1.06 bits per heavy atom. The van der Waals surface area contributed by atoms with Crippen molar-refractivity contribution >= 4 is 76.6 Å². The number of rotatable bonds is 6. The molecule has 4 aliphatic rings. The third-order valence-electron chi connectivity index (χ3n) is 20.9. The van der Waals surface area contributed by atoms with Crippen molar-refractivity contribution in [3.05, 3.63) is 230 Å². The summed E-state index contributed by atoms with van der Waals surface area (Å²) in [5.41, 5.74) is 18.3. The Bertz CT molecular complexity index is 4130. The van der Waals surface area contributed by atoms with E-state index in [1.165, 1.54) is 171 Å². The molecule has 0 radical (unpaired) electrons. The van der Waals surface area contributed by atoms with Gasteiger partial charge in [-0.3, -0.25) is 0 Å². The van der Waals surface area contributed by atoms with E-state index in [0.717, 1.165) is 12.8 Å². The lowest BCUT2D eigenvalue weighted by molar-refractivity contribution is 0.195. The highest BCUT2D eigenvalue weighted by Crippen LogP contribution is 2.64. The van der Waals surface area contributed by atoms with Crippen molar-refractivity contribution in [2.24, 2.45) is 0 Å². The van der Waals surface area contributed by atoms with Gasteiger partial charge in [-0.2, -0.15) is 0 Å². The molecule has 0 bridgehead atoms. The normalized spacial score (nSPS) is 22.6. The molecule has 0 amide bonds. The Labute approximate surface area is 458 Å². The van der Waals surface area contributed by atoms with Gasteiger partial charge in [0.25, 0.3) is 0 Å². The molecule has 2 fully saturated rings. The number of hydrogen-bond donors (Lipinski definition) is 0. The van der Waals surface area contributed by atoms with Gasteiger partial charge in [-0.15, -0.1) is 0 Å². The van der Waals surface area contributed by atoms with E-state index < -0.39 is 0 Å². The average Bonchev–Trinajstić information content (AvgIpc) is 3.83.